The van der Waals surface area contributed by atoms with Crippen LogP contribution in [0, 0.1) is 0 Å². The fourth-order valence-electron chi connectivity index (χ4n) is 4.09. The molecule has 0 spiro atoms. The molecule has 3 aromatic rings. The zero-order valence-corrected chi connectivity index (χ0v) is 15.2. The maximum Gasteiger partial charge on any atom is 0.234 e. The van der Waals surface area contributed by atoms with E-state index < -0.39 is 0 Å². The highest BCUT2D eigenvalue weighted by atomic mass is 16.2. The Morgan fingerprint density at radius 2 is 2.15 bits per heavy atom. The summed E-state index contributed by atoms with van der Waals surface area (Å²) in [5, 5.41) is 4.33. The number of benzene rings is 1. The van der Waals surface area contributed by atoms with E-state index in [-0.39, 0.29) is 5.91 Å². The van der Waals surface area contributed by atoms with Gasteiger partial charge in [0.1, 0.15) is 0 Å². The number of H-pyrrole nitrogens is 1. The van der Waals surface area contributed by atoms with Gasteiger partial charge in [-0.3, -0.25) is 9.69 Å². The van der Waals surface area contributed by atoms with E-state index in [0.29, 0.717) is 19.1 Å². The molecular formula is C21H26N4O. The molecule has 2 aromatic heterocycles. The van der Waals surface area contributed by atoms with Crippen LogP contribution in [0.4, 0.5) is 0 Å². The van der Waals surface area contributed by atoms with E-state index in [0.717, 1.165) is 31.3 Å². The maximum absolute atomic E-state index is 12.4. The van der Waals surface area contributed by atoms with Gasteiger partial charge in [0.2, 0.25) is 5.91 Å². The third-order valence-corrected chi connectivity index (χ3v) is 5.43. The van der Waals surface area contributed by atoms with Gasteiger partial charge >= 0.3 is 0 Å². The van der Waals surface area contributed by atoms with Crippen LogP contribution in [-0.2, 0) is 18.3 Å². The third kappa shape index (κ3) is 3.40. The van der Waals surface area contributed by atoms with Crippen LogP contribution >= 0.6 is 0 Å². The van der Waals surface area contributed by atoms with Crippen LogP contribution in [0.3, 0.4) is 0 Å². The first-order chi connectivity index (χ1) is 12.7. The van der Waals surface area contributed by atoms with Gasteiger partial charge in [0, 0.05) is 42.6 Å². The van der Waals surface area contributed by atoms with Crippen LogP contribution in [0.5, 0.6) is 0 Å². The van der Waals surface area contributed by atoms with Crippen molar-refractivity contribution in [3.05, 3.63) is 60.0 Å². The average Bonchev–Trinajstić information content (AvgIpc) is 3.35. The molecule has 136 valence electrons. The summed E-state index contributed by atoms with van der Waals surface area (Å²) in [5.74, 6) is 0.117. The molecule has 0 aliphatic carbocycles. The molecule has 2 N–H and O–H groups in total. The Hall–Kier alpha value is -2.53. The summed E-state index contributed by atoms with van der Waals surface area (Å²) >= 11 is 0. The van der Waals surface area contributed by atoms with E-state index in [1.165, 1.54) is 16.6 Å². The van der Waals surface area contributed by atoms with Gasteiger partial charge < -0.3 is 14.9 Å². The van der Waals surface area contributed by atoms with Crippen molar-refractivity contribution in [2.45, 2.75) is 25.3 Å². The molecule has 1 atom stereocenters. The Kier molecular flexibility index (Phi) is 4.80. The first kappa shape index (κ1) is 16.9. The van der Waals surface area contributed by atoms with Gasteiger partial charge in [-0.2, -0.15) is 0 Å². The SMILES string of the molecule is Cn1cccc1[C@@H]1CCCN1CC(=O)NCCc1c[nH]c2ccccc12. The molecule has 1 aliphatic rings. The molecule has 0 unspecified atom stereocenters. The third-order valence-electron chi connectivity index (χ3n) is 5.43. The summed E-state index contributed by atoms with van der Waals surface area (Å²) in [4.78, 5) is 18.0. The second-order valence-corrected chi connectivity index (χ2v) is 7.13. The zero-order valence-electron chi connectivity index (χ0n) is 15.2. The van der Waals surface area contributed by atoms with E-state index in [9.17, 15) is 4.79 Å². The topological polar surface area (TPSA) is 53.1 Å². The molecule has 1 fully saturated rings. The number of carbonyl (C=O) groups excluding carboxylic acids is 1. The second kappa shape index (κ2) is 7.38. The lowest BCUT2D eigenvalue weighted by molar-refractivity contribution is -0.122. The number of likely N-dealkylation sites (tertiary alicyclic amines) is 1. The summed E-state index contributed by atoms with van der Waals surface area (Å²) in [6.45, 7) is 2.14. The molecule has 5 nitrogen and oxygen atoms in total. The minimum Gasteiger partial charge on any atom is -0.361 e. The molecule has 1 saturated heterocycles. The molecule has 0 radical (unpaired) electrons. The molecule has 0 saturated carbocycles. The standard InChI is InChI=1S/C21H26N4O/c1-24-12-4-8-19(24)20-9-5-13-25(20)15-21(26)22-11-10-16-14-23-18-7-3-2-6-17(16)18/h2-4,6-8,12,14,20,23H,5,9-11,13,15H2,1H3,(H,22,26)/t20-/m0/s1. The lowest BCUT2D eigenvalue weighted by Gasteiger charge is -2.24. The summed E-state index contributed by atoms with van der Waals surface area (Å²) < 4.78 is 2.16. The number of carbonyl (C=O) groups is 1. The van der Waals surface area contributed by atoms with E-state index >= 15 is 0 Å². The lowest BCUT2D eigenvalue weighted by atomic mass is 10.1. The maximum atomic E-state index is 12.4. The van der Waals surface area contributed by atoms with Crippen molar-refractivity contribution in [1.82, 2.24) is 19.8 Å². The van der Waals surface area contributed by atoms with Gasteiger partial charge in [-0.1, -0.05) is 18.2 Å². The van der Waals surface area contributed by atoms with E-state index in [4.69, 9.17) is 0 Å². The van der Waals surface area contributed by atoms with Gasteiger partial charge in [0.15, 0.2) is 0 Å². The Bertz CT molecular complexity index is 894. The number of nitrogens with zero attached hydrogens (tertiary/aromatic N) is 2. The van der Waals surface area contributed by atoms with Crippen molar-refractivity contribution in [2.75, 3.05) is 19.6 Å². The van der Waals surface area contributed by atoms with Crippen LogP contribution in [0.2, 0.25) is 0 Å². The predicted molar refractivity (Wildman–Crippen MR) is 104 cm³/mol. The van der Waals surface area contributed by atoms with Crippen molar-refractivity contribution in [1.29, 1.82) is 0 Å². The summed E-state index contributed by atoms with van der Waals surface area (Å²) in [6.07, 6.45) is 7.24. The average molecular weight is 350 g/mol. The molecule has 26 heavy (non-hydrogen) atoms. The largest absolute Gasteiger partial charge is 0.361 e. The summed E-state index contributed by atoms with van der Waals surface area (Å²) in [7, 11) is 2.08. The van der Waals surface area contributed by atoms with Gasteiger partial charge in [0.25, 0.3) is 0 Å². The van der Waals surface area contributed by atoms with Crippen molar-refractivity contribution < 1.29 is 4.79 Å². The highest BCUT2D eigenvalue weighted by Crippen LogP contribution is 2.31. The Balaban J connectivity index is 1.31. The van der Waals surface area contributed by atoms with Gasteiger partial charge in [-0.15, -0.1) is 0 Å². The molecule has 0 bridgehead atoms. The molecule has 1 aliphatic heterocycles. The van der Waals surface area contributed by atoms with Crippen LogP contribution in [0.1, 0.15) is 30.1 Å². The van der Waals surface area contributed by atoms with Crippen LogP contribution in [-0.4, -0.2) is 40.0 Å². The Morgan fingerprint density at radius 1 is 1.27 bits per heavy atom. The number of amides is 1. The van der Waals surface area contributed by atoms with Crippen molar-refractivity contribution in [2.24, 2.45) is 7.05 Å². The fraction of sp³-hybridized carbons (Fsp3) is 0.381. The van der Waals surface area contributed by atoms with Crippen LogP contribution in [0.15, 0.2) is 48.8 Å². The fourth-order valence-corrected chi connectivity index (χ4v) is 4.09. The number of fused-ring (bicyclic) bond motifs is 1. The van der Waals surface area contributed by atoms with Crippen molar-refractivity contribution in [3.8, 4) is 0 Å². The van der Waals surface area contributed by atoms with Crippen LogP contribution < -0.4 is 5.32 Å². The molecule has 5 heteroatoms. The smallest absolute Gasteiger partial charge is 0.234 e. The number of para-hydroxylation sites is 1. The quantitative estimate of drug-likeness (QED) is 0.718. The number of nitrogens with one attached hydrogen (secondary N) is 2. The number of rotatable bonds is 6. The lowest BCUT2D eigenvalue weighted by Crippen LogP contribution is -2.38. The monoisotopic (exact) mass is 350 g/mol. The second-order valence-electron chi connectivity index (χ2n) is 7.13. The highest BCUT2D eigenvalue weighted by Gasteiger charge is 2.28. The molecule has 1 aromatic carbocycles. The van der Waals surface area contributed by atoms with Crippen molar-refractivity contribution in [3.63, 3.8) is 0 Å². The molecule has 4 rings (SSSR count). The highest BCUT2D eigenvalue weighted by molar-refractivity contribution is 5.83. The normalized spacial score (nSPS) is 17.8. The Morgan fingerprint density at radius 3 is 3.00 bits per heavy atom. The minimum atomic E-state index is 0.117. The zero-order chi connectivity index (χ0) is 17.9. The minimum absolute atomic E-state index is 0.117. The Labute approximate surface area is 154 Å². The number of aryl methyl sites for hydroxylation is 1. The molecule has 3 heterocycles. The van der Waals surface area contributed by atoms with Crippen molar-refractivity contribution >= 4 is 16.8 Å². The summed E-state index contributed by atoms with van der Waals surface area (Å²) in [6, 6.07) is 12.9. The first-order valence-corrected chi connectivity index (χ1v) is 9.39. The van der Waals surface area contributed by atoms with E-state index in [1.807, 2.05) is 12.3 Å². The van der Waals surface area contributed by atoms with E-state index in [2.05, 4.69) is 63.3 Å². The van der Waals surface area contributed by atoms with E-state index in [1.54, 1.807) is 0 Å². The number of hydrogen-bond acceptors (Lipinski definition) is 2. The van der Waals surface area contributed by atoms with Gasteiger partial charge in [0.05, 0.1) is 12.6 Å². The number of hydrogen-bond donors (Lipinski definition) is 2. The first-order valence-electron chi connectivity index (χ1n) is 9.39. The number of aromatic amines is 1. The molecule has 1 amide bonds. The number of aromatic nitrogens is 2. The predicted octanol–water partition coefficient (Wildman–Crippen LogP) is 3.00. The van der Waals surface area contributed by atoms with Crippen LogP contribution in [0.25, 0.3) is 10.9 Å². The van der Waals surface area contributed by atoms with Gasteiger partial charge in [-0.25, -0.2) is 0 Å². The van der Waals surface area contributed by atoms with Gasteiger partial charge in [-0.05, 0) is 49.6 Å². The molecular weight excluding hydrogens is 324 g/mol. The summed E-state index contributed by atoms with van der Waals surface area (Å²) in [5.41, 5.74) is 3.70.